The highest BCUT2D eigenvalue weighted by molar-refractivity contribution is 9.10. The van der Waals surface area contributed by atoms with E-state index in [-0.39, 0.29) is 11.6 Å². The summed E-state index contributed by atoms with van der Waals surface area (Å²) in [5.74, 6) is 0.597. The summed E-state index contributed by atoms with van der Waals surface area (Å²) < 4.78 is 2.05. The summed E-state index contributed by atoms with van der Waals surface area (Å²) in [7, 11) is 0. The third-order valence-corrected chi connectivity index (χ3v) is 4.34. The van der Waals surface area contributed by atoms with Crippen molar-refractivity contribution in [2.24, 2.45) is 5.92 Å². The number of hydrogen-bond acceptors (Lipinski definition) is 3. The molecule has 0 aliphatic carbocycles. The highest BCUT2D eigenvalue weighted by atomic mass is 79.9. The Morgan fingerprint density at radius 3 is 2.37 bits per heavy atom. The maximum atomic E-state index is 12.1. The SMILES string of the molecule is CCC(CC)C(C)Nc1cnn(C(C)C)c(=O)c1Br. The van der Waals surface area contributed by atoms with Gasteiger partial charge in [0.1, 0.15) is 4.47 Å². The molecule has 1 rings (SSSR count). The van der Waals surface area contributed by atoms with Gasteiger partial charge in [-0.25, -0.2) is 4.68 Å². The highest BCUT2D eigenvalue weighted by Gasteiger charge is 2.16. The van der Waals surface area contributed by atoms with Crippen LogP contribution in [0.5, 0.6) is 0 Å². The summed E-state index contributed by atoms with van der Waals surface area (Å²) in [5.41, 5.74) is 0.693. The first-order chi connectivity index (χ1) is 8.92. The zero-order valence-electron chi connectivity index (χ0n) is 12.4. The second-order valence-corrected chi connectivity index (χ2v) is 6.02. The van der Waals surface area contributed by atoms with Crippen molar-refractivity contribution in [3.63, 3.8) is 0 Å². The molecular formula is C14H24BrN3O. The molecule has 0 fully saturated rings. The molecule has 0 bridgehead atoms. The van der Waals surface area contributed by atoms with Gasteiger partial charge in [-0.05, 0) is 42.6 Å². The average molecular weight is 330 g/mol. The van der Waals surface area contributed by atoms with E-state index in [1.165, 1.54) is 4.68 Å². The van der Waals surface area contributed by atoms with Gasteiger partial charge in [-0.3, -0.25) is 4.79 Å². The van der Waals surface area contributed by atoms with E-state index in [0.29, 0.717) is 16.4 Å². The summed E-state index contributed by atoms with van der Waals surface area (Å²) in [6.45, 7) is 10.4. The third kappa shape index (κ3) is 3.81. The molecule has 108 valence electrons. The number of anilines is 1. The lowest BCUT2D eigenvalue weighted by Crippen LogP contribution is -2.29. The minimum absolute atomic E-state index is 0.0642. The molecule has 19 heavy (non-hydrogen) atoms. The molecule has 0 radical (unpaired) electrons. The van der Waals surface area contributed by atoms with Gasteiger partial charge < -0.3 is 5.32 Å². The summed E-state index contributed by atoms with van der Waals surface area (Å²) >= 11 is 3.38. The molecule has 1 atom stereocenters. The molecule has 0 saturated heterocycles. The Kier molecular flexibility index (Phi) is 6.04. The first-order valence-corrected chi connectivity index (χ1v) is 7.75. The number of nitrogens with one attached hydrogen (secondary N) is 1. The van der Waals surface area contributed by atoms with Gasteiger partial charge in [-0.15, -0.1) is 0 Å². The number of nitrogens with zero attached hydrogens (tertiary/aromatic N) is 2. The number of halogens is 1. The fourth-order valence-electron chi connectivity index (χ4n) is 2.27. The maximum Gasteiger partial charge on any atom is 0.283 e. The fourth-order valence-corrected chi connectivity index (χ4v) is 2.67. The van der Waals surface area contributed by atoms with Crippen LogP contribution < -0.4 is 10.9 Å². The maximum absolute atomic E-state index is 12.1. The summed E-state index contributed by atoms with van der Waals surface area (Å²) in [4.78, 5) is 12.1. The third-order valence-electron chi connectivity index (χ3n) is 3.57. The van der Waals surface area contributed by atoms with Crippen molar-refractivity contribution in [1.82, 2.24) is 9.78 Å². The Labute approximate surface area is 123 Å². The molecule has 0 aromatic carbocycles. The van der Waals surface area contributed by atoms with E-state index < -0.39 is 0 Å². The molecule has 0 spiro atoms. The van der Waals surface area contributed by atoms with Gasteiger partial charge in [0.05, 0.1) is 17.9 Å². The molecule has 0 aliphatic heterocycles. The largest absolute Gasteiger partial charge is 0.380 e. The predicted molar refractivity (Wildman–Crippen MR) is 83.7 cm³/mol. The van der Waals surface area contributed by atoms with Crippen LogP contribution in [0.4, 0.5) is 5.69 Å². The normalized spacial score (nSPS) is 13.1. The average Bonchev–Trinajstić information content (AvgIpc) is 2.36. The molecule has 1 N–H and O–H groups in total. The second-order valence-electron chi connectivity index (χ2n) is 5.23. The van der Waals surface area contributed by atoms with Crippen molar-refractivity contribution < 1.29 is 0 Å². The Morgan fingerprint density at radius 2 is 1.89 bits per heavy atom. The lowest BCUT2D eigenvalue weighted by molar-refractivity contribution is 0.436. The Hall–Kier alpha value is -0.840. The summed E-state index contributed by atoms with van der Waals surface area (Å²) in [5, 5.41) is 7.61. The van der Waals surface area contributed by atoms with Crippen LogP contribution in [-0.4, -0.2) is 15.8 Å². The van der Waals surface area contributed by atoms with Gasteiger partial charge in [0.2, 0.25) is 0 Å². The molecule has 1 aromatic rings. The molecule has 0 aliphatic rings. The van der Waals surface area contributed by atoms with E-state index >= 15 is 0 Å². The van der Waals surface area contributed by atoms with Gasteiger partial charge >= 0.3 is 0 Å². The van der Waals surface area contributed by atoms with Crippen molar-refractivity contribution in [2.75, 3.05) is 5.32 Å². The monoisotopic (exact) mass is 329 g/mol. The van der Waals surface area contributed by atoms with Gasteiger partial charge in [0.15, 0.2) is 0 Å². The van der Waals surface area contributed by atoms with E-state index in [1.807, 2.05) is 13.8 Å². The molecule has 0 saturated carbocycles. The van der Waals surface area contributed by atoms with Crippen LogP contribution in [0.2, 0.25) is 0 Å². The van der Waals surface area contributed by atoms with Crippen LogP contribution in [0.15, 0.2) is 15.5 Å². The molecule has 1 aromatic heterocycles. The topological polar surface area (TPSA) is 46.9 Å². The van der Waals surface area contributed by atoms with E-state index in [0.717, 1.165) is 18.5 Å². The summed E-state index contributed by atoms with van der Waals surface area (Å²) in [6, 6.07) is 0.386. The highest BCUT2D eigenvalue weighted by Crippen LogP contribution is 2.22. The lowest BCUT2D eigenvalue weighted by atomic mass is 9.95. The van der Waals surface area contributed by atoms with Gasteiger partial charge in [0, 0.05) is 6.04 Å². The predicted octanol–water partition coefficient (Wildman–Crippen LogP) is 3.82. The van der Waals surface area contributed by atoms with Crippen molar-refractivity contribution in [3.05, 3.63) is 21.0 Å². The lowest BCUT2D eigenvalue weighted by Gasteiger charge is -2.24. The first-order valence-electron chi connectivity index (χ1n) is 6.96. The molecule has 0 amide bonds. The quantitative estimate of drug-likeness (QED) is 0.862. The van der Waals surface area contributed by atoms with Crippen LogP contribution in [0.25, 0.3) is 0 Å². The number of rotatable bonds is 6. The van der Waals surface area contributed by atoms with Crippen LogP contribution >= 0.6 is 15.9 Å². The Balaban J connectivity index is 2.98. The zero-order chi connectivity index (χ0) is 14.6. The van der Waals surface area contributed by atoms with Crippen LogP contribution in [0.3, 0.4) is 0 Å². The molecular weight excluding hydrogens is 306 g/mol. The molecule has 5 heteroatoms. The van der Waals surface area contributed by atoms with Gasteiger partial charge in [-0.2, -0.15) is 5.10 Å². The van der Waals surface area contributed by atoms with Crippen molar-refractivity contribution in [1.29, 1.82) is 0 Å². The smallest absolute Gasteiger partial charge is 0.283 e. The van der Waals surface area contributed by atoms with E-state index in [4.69, 9.17) is 0 Å². The first kappa shape index (κ1) is 16.2. The van der Waals surface area contributed by atoms with Gasteiger partial charge in [0.25, 0.3) is 5.56 Å². The van der Waals surface area contributed by atoms with E-state index in [1.54, 1.807) is 6.20 Å². The number of aromatic nitrogens is 2. The van der Waals surface area contributed by atoms with Crippen LogP contribution in [0, 0.1) is 5.92 Å². The minimum atomic E-state index is -0.0863. The zero-order valence-corrected chi connectivity index (χ0v) is 14.0. The number of hydrogen-bond donors (Lipinski definition) is 1. The molecule has 1 heterocycles. The van der Waals surface area contributed by atoms with Crippen LogP contribution in [0.1, 0.15) is 53.5 Å². The Bertz CT molecular complexity index is 466. The van der Waals surface area contributed by atoms with Crippen molar-refractivity contribution >= 4 is 21.6 Å². The Morgan fingerprint density at radius 1 is 1.32 bits per heavy atom. The summed E-state index contributed by atoms with van der Waals surface area (Å²) in [6.07, 6.45) is 3.97. The molecule has 1 unspecified atom stereocenters. The van der Waals surface area contributed by atoms with Gasteiger partial charge in [-0.1, -0.05) is 26.7 Å². The van der Waals surface area contributed by atoms with Crippen molar-refractivity contribution in [2.45, 2.75) is 59.5 Å². The van der Waals surface area contributed by atoms with Crippen LogP contribution in [-0.2, 0) is 0 Å². The van der Waals surface area contributed by atoms with E-state index in [9.17, 15) is 4.79 Å². The molecule has 4 nitrogen and oxygen atoms in total. The van der Waals surface area contributed by atoms with E-state index in [2.05, 4.69) is 47.1 Å². The standard InChI is InChI=1S/C14H24BrN3O/c1-6-11(7-2)10(5)17-12-8-16-18(9(3)4)14(19)13(12)15/h8-11,17H,6-7H2,1-5H3. The fraction of sp³-hybridized carbons (Fsp3) is 0.714. The minimum Gasteiger partial charge on any atom is -0.380 e. The second kappa shape index (κ2) is 7.08. The van der Waals surface area contributed by atoms with Crippen molar-refractivity contribution in [3.8, 4) is 0 Å².